The monoisotopic (exact) mass is 289 g/mol. The van der Waals surface area contributed by atoms with Crippen LogP contribution < -0.4 is 10.0 Å². The van der Waals surface area contributed by atoms with Crippen molar-refractivity contribution >= 4 is 10.0 Å². The van der Waals surface area contributed by atoms with E-state index in [1.807, 2.05) is 13.8 Å². The van der Waals surface area contributed by atoms with Gasteiger partial charge in [0, 0.05) is 24.7 Å². The first-order valence-corrected chi connectivity index (χ1v) is 7.92. The predicted octanol–water partition coefficient (Wildman–Crippen LogP) is 1.10. The van der Waals surface area contributed by atoms with Gasteiger partial charge in [0.1, 0.15) is 5.76 Å². The largest absolute Gasteiger partial charge is 0.361 e. The zero-order chi connectivity index (χ0) is 14.6. The first kappa shape index (κ1) is 16.1. The second-order valence-corrected chi connectivity index (χ2v) is 7.23. The molecule has 0 spiro atoms. The highest BCUT2D eigenvalue weighted by Gasteiger charge is 2.21. The molecule has 0 saturated heterocycles. The summed E-state index contributed by atoms with van der Waals surface area (Å²) >= 11 is 0. The van der Waals surface area contributed by atoms with Gasteiger partial charge in [0.25, 0.3) is 0 Å². The van der Waals surface area contributed by atoms with Gasteiger partial charge in [-0.3, -0.25) is 0 Å². The van der Waals surface area contributed by atoms with Crippen LogP contribution in [0.25, 0.3) is 0 Å². The molecule has 0 saturated carbocycles. The van der Waals surface area contributed by atoms with Crippen LogP contribution in [0, 0.1) is 13.8 Å². The highest BCUT2D eigenvalue weighted by Crippen LogP contribution is 2.12. The van der Waals surface area contributed by atoms with Crippen molar-refractivity contribution in [2.45, 2.75) is 52.5 Å². The second-order valence-electron chi connectivity index (χ2n) is 5.04. The topological polar surface area (TPSA) is 84.2 Å². The van der Waals surface area contributed by atoms with Gasteiger partial charge in [-0.25, -0.2) is 13.1 Å². The Bertz CT molecular complexity index is 489. The zero-order valence-corrected chi connectivity index (χ0v) is 13.0. The minimum atomic E-state index is -3.35. The number of nitrogens with zero attached hydrogens (tertiary/aromatic N) is 1. The maximum atomic E-state index is 12.1. The van der Waals surface area contributed by atoms with Gasteiger partial charge < -0.3 is 9.84 Å². The summed E-state index contributed by atoms with van der Waals surface area (Å²) in [5.41, 5.74) is 1.51. The van der Waals surface area contributed by atoms with Crippen LogP contribution in [-0.2, 0) is 16.6 Å². The van der Waals surface area contributed by atoms with E-state index in [-0.39, 0.29) is 12.6 Å². The maximum absolute atomic E-state index is 12.1. The average molecular weight is 289 g/mol. The summed E-state index contributed by atoms with van der Waals surface area (Å²) in [5.74, 6) is 0.646. The first-order chi connectivity index (χ1) is 8.74. The SMILES string of the molecule is Cc1noc(C)c1CNS(=O)(=O)C(C)CNC(C)C. The Morgan fingerprint density at radius 1 is 1.26 bits per heavy atom. The quantitative estimate of drug-likeness (QED) is 0.785. The number of aryl methyl sites for hydroxylation is 2. The Labute approximate surface area is 115 Å². The smallest absolute Gasteiger partial charge is 0.215 e. The van der Waals surface area contributed by atoms with E-state index in [9.17, 15) is 8.42 Å². The molecule has 0 amide bonds. The third kappa shape index (κ3) is 4.59. The third-order valence-electron chi connectivity index (χ3n) is 2.97. The molecule has 0 aliphatic carbocycles. The Balaban J connectivity index is 2.60. The molecule has 110 valence electrons. The molecule has 0 fully saturated rings. The molecule has 1 unspecified atom stereocenters. The maximum Gasteiger partial charge on any atom is 0.215 e. The predicted molar refractivity (Wildman–Crippen MR) is 74.3 cm³/mol. The minimum Gasteiger partial charge on any atom is -0.361 e. The van der Waals surface area contributed by atoms with Gasteiger partial charge in [0.2, 0.25) is 10.0 Å². The standard InChI is InChI=1S/C12H23N3O3S/c1-8(2)13-6-9(3)19(16,17)14-7-12-10(4)15-18-11(12)5/h8-9,13-14H,6-7H2,1-5H3. The number of sulfonamides is 1. The fourth-order valence-electron chi connectivity index (χ4n) is 1.58. The Morgan fingerprint density at radius 2 is 1.89 bits per heavy atom. The molecular weight excluding hydrogens is 266 g/mol. The molecular formula is C12H23N3O3S. The van der Waals surface area contributed by atoms with E-state index in [1.54, 1.807) is 20.8 Å². The third-order valence-corrected chi connectivity index (χ3v) is 4.75. The van der Waals surface area contributed by atoms with E-state index in [0.29, 0.717) is 18.0 Å². The molecule has 1 aromatic rings. The van der Waals surface area contributed by atoms with Crippen LogP contribution in [0.15, 0.2) is 4.52 Å². The van der Waals surface area contributed by atoms with E-state index in [2.05, 4.69) is 15.2 Å². The van der Waals surface area contributed by atoms with Crippen LogP contribution in [0.2, 0.25) is 0 Å². The highest BCUT2D eigenvalue weighted by molar-refractivity contribution is 7.90. The van der Waals surface area contributed by atoms with Gasteiger partial charge >= 0.3 is 0 Å². The minimum absolute atomic E-state index is 0.218. The van der Waals surface area contributed by atoms with Crippen molar-refractivity contribution in [3.05, 3.63) is 17.0 Å². The second kappa shape index (κ2) is 6.49. The van der Waals surface area contributed by atoms with Gasteiger partial charge in [-0.05, 0) is 20.8 Å². The molecule has 6 nitrogen and oxygen atoms in total. The summed E-state index contributed by atoms with van der Waals surface area (Å²) in [6, 6.07) is 0.264. The fraction of sp³-hybridized carbons (Fsp3) is 0.750. The van der Waals surface area contributed by atoms with Crippen LogP contribution in [0.5, 0.6) is 0 Å². The molecule has 19 heavy (non-hydrogen) atoms. The number of nitrogens with one attached hydrogen (secondary N) is 2. The lowest BCUT2D eigenvalue weighted by atomic mass is 10.2. The summed E-state index contributed by atoms with van der Waals surface area (Å²) in [7, 11) is -3.35. The van der Waals surface area contributed by atoms with Gasteiger partial charge in [-0.1, -0.05) is 19.0 Å². The van der Waals surface area contributed by atoms with Gasteiger partial charge in [0.05, 0.1) is 10.9 Å². The van der Waals surface area contributed by atoms with E-state index >= 15 is 0 Å². The van der Waals surface area contributed by atoms with Crippen molar-refractivity contribution in [3.8, 4) is 0 Å². The molecule has 2 N–H and O–H groups in total. The Hall–Kier alpha value is -0.920. The highest BCUT2D eigenvalue weighted by atomic mass is 32.2. The zero-order valence-electron chi connectivity index (χ0n) is 12.1. The van der Waals surface area contributed by atoms with Crippen LogP contribution >= 0.6 is 0 Å². The van der Waals surface area contributed by atoms with Crippen molar-refractivity contribution in [2.24, 2.45) is 0 Å². The van der Waals surface area contributed by atoms with Crippen molar-refractivity contribution in [1.29, 1.82) is 0 Å². The van der Waals surface area contributed by atoms with Crippen molar-refractivity contribution in [2.75, 3.05) is 6.54 Å². The van der Waals surface area contributed by atoms with E-state index in [1.165, 1.54) is 0 Å². The van der Waals surface area contributed by atoms with Crippen LogP contribution in [0.3, 0.4) is 0 Å². The van der Waals surface area contributed by atoms with Crippen LogP contribution in [0.1, 0.15) is 37.8 Å². The van der Waals surface area contributed by atoms with E-state index in [4.69, 9.17) is 4.52 Å². The molecule has 0 aliphatic heterocycles. The number of rotatable bonds is 7. The Morgan fingerprint density at radius 3 is 2.37 bits per heavy atom. The summed E-state index contributed by atoms with van der Waals surface area (Å²) in [6.45, 7) is 9.86. The number of hydrogen-bond donors (Lipinski definition) is 2. The average Bonchev–Trinajstić information content (AvgIpc) is 2.63. The van der Waals surface area contributed by atoms with Crippen molar-refractivity contribution in [3.63, 3.8) is 0 Å². The fourth-order valence-corrected chi connectivity index (χ4v) is 2.53. The summed E-state index contributed by atoms with van der Waals surface area (Å²) in [4.78, 5) is 0. The summed E-state index contributed by atoms with van der Waals surface area (Å²) in [5, 5.41) is 6.43. The van der Waals surface area contributed by atoms with E-state index < -0.39 is 15.3 Å². The van der Waals surface area contributed by atoms with Gasteiger partial charge in [-0.2, -0.15) is 0 Å². The molecule has 0 bridgehead atoms. The molecule has 1 aromatic heterocycles. The van der Waals surface area contributed by atoms with E-state index in [0.717, 1.165) is 5.56 Å². The molecule has 0 radical (unpaired) electrons. The lowest BCUT2D eigenvalue weighted by molar-refractivity contribution is 0.392. The normalized spacial score (nSPS) is 14.0. The van der Waals surface area contributed by atoms with Crippen LogP contribution in [-0.4, -0.2) is 31.4 Å². The van der Waals surface area contributed by atoms with Crippen molar-refractivity contribution < 1.29 is 12.9 Å². The van der Waals surface area contributed by atoms with Gasteiger partial charge in [-0.15, -0.1) is 0 Å². The molecule has 1 heterocycles. The molecule has 1 rings (SSSR count). The molecule has 7 heteroatoms. The van der Waals surface area contributed by atoms with Crippen LogP contribution in [0.4, 0.5) is 0 Å². The van der Waals surface area contributed by atoms with Crippen molar-refractivity contribution in [1.82, 2.24) is 15.2 Å². The molecule has 0 aliphatic rings. The first-order valence-electron chi connectivity index (χ1n) is 6.37. The summed E-state index contributed by atoms with van der Waals surface area (Å²) < 4.78 is 31.7. The summed E-state index contributed by atoms with van der Waals surface area (Å²) in [6.07, 6.45) is 0. The lowest BCUT2D eigenvalue weighted by Crippen LogP contribution is -2.40. The molecule has 1 atom stereocenters. The molecule has 0 aromatic carbocycles. The number of aromatic nitrogens is 1. The lowest BCUT2D eigenvalue weighted by Gasteiger charge is -2.16. The number of hydrogen-bond acceptors (Lipinski definition) is 5. The van der Waals surface area contributed by atoms with Gasteiger partial charge in [0.15, 0.2) is 0 Å². The Kier molecular flexibility index (Phi) is 5.51.